The second-order valence-electron chi connectivity index (χ2n) is 6.35. The van der Waals surface area contributed by atoms with E-state index in [2.05, 4.69) is 4.99 Å². The quantitative estimate of drug-likeness (QED) is 0.534. The zero-order valence-corrected chi connectivity index (χ0v) is 14.4. The maximum Gasteiger partial charge on any atom is 0.268 e. The van der Waals surface area contributed by atoms with E-state index in [9.17, 15) is 13.2 Å². The number of nitrogens with zero attached hydrogens (tertiary/aromatic N) is 2. The monoisotopic (exact) mass is 352 g/mol. The third kappa shape index (κ3) is 2.60. The number of para-hydroxylation sites is 1. The van der Waals surface area contributed by atoms with E-state index in [1.807, 2.05) is 25.1 Å². The zero-order chi connectivity index (χ0) is 17.6. The van der Waals surface area contributed by atoms with Gasteiger partial charge in [0.25, 0.3) is 10.0 Å². The molecule has 0 spiro atoms. The summed E-state index contributed by atoms with van der Waals surface area (Å²) in [7, 11) is -3.69. The molecule has 3 aromatic rings. The summed E-state index contributed by atoms with van der Waals surface area (Å²) in [5.74, 6) is 0.0702. The molecule has 0 aliphatic heterocycles. The predicted molar refractivity (Wildman–Crippen MR) is 95.0 cm³/mol. The maximum absolute atomic E-state index is 13.1. The van der Waals surface area contributed by atoms with Crippen molar-refractivity contribution < 1.29 is 13.2 Å². The fourth-order valence-electron chi connectivity index (χ4n) is 3.22. The van der Waals surface area contributed by atoms with Gasteiger partial charge in [-0.1, -0.05) is 35.9 Å². The Kier molecular flexibility index (Phi) is 3.60. The van der Waals surface area contributed by atoms with E-state index < -0.39 is 10.0 Å². The summed E-state index contributed by atoms with van der Waals surface area (Å²) in [6.45, 7) is 1.92. The SMILES string of the molecule is Cc1ccc(S(=O)(=O)n2cc([C@H]3C[C@@H]3N=C=O)c3ccccc32)cc1. The van der Waals surface area contributed by atoms with Crippen LogP contribution in [0.3, 0.4) is 0 Å². The first-order chi connectivity index (χ1) is 12.0. The molecule has 0 amide bonds. The van der Waals surface area contributed by atoms with Crippen LogP contribution in [-0.2, 0) is 14.8 Å². The van der Waals surface area contributed by atoms with Crippen LogP contribution in [0.15, 0.2) is 64.6 Å². The Bertz CT molecular complexity index is 1110. The molecule has 1 saturated carbocycles. The second-order valence-corrected chi connectivity index (χ2v) is 8.16. The molecular weight excluding hydrogens is 336 g/mol. The minimum absolute atomic E-state index is 0.0702. The Hall–Kier alpha value is -2.69. The highest BCUT2D eigenvalue weighted by molar-refractivity contribution is 7.90. The highest BCUT2D eigenvalue weighted by Crippen LogP contribution is 2.46. The number of fused-ring (bicyclic) bond motifs is 1. The van der Waals surface area contributed by atoms with Crippen molar-refractivity contribution in [3.8, 4) is 0 Å². The molecule has 0 N–H and O–H groups in total. The van der Waals surface area contributed by atoms with Gasteiger partial charge in [-0.15, -0.1) is 0 Å². The number of hydrogen-bond acceptors (Lipinski definition) is 4. The molecule has 1 heterocycles. The second kappa shape index (κ2) is 5.69. The Morgan fingerprint density at radius 2 is 1.84 bits per heavy atom. The molecule has 0 saturated heterocycles. The average molecular weight is 352 g/mol. The molecule has 1 aromatic heterocycles. The van der Waals surface area contributed by atoms with Crippen molar-refractivity contribution in [3.63, 3.8) is 0 Å². The molecule has 0 bridgehead atoms. The Labute approximate surface area is 145 Å². The number of hydrogen-bond donors (Lipinski definition) is 0. The maximum atomic E-state index is 13.1. The number of aliphatic imine (C=N–C) groups is 1. The lowest BCUT2D eigenvalue weighted by atomic mass is 10.1. The first-order valence-corrected chi connectivity index (χ1v) is 9.45. The highest BCUT2D eigenvalue weighted by atomic mass is 32.2. The van der Waals surface area contributed by atoms with E-state index in [0.29, 0.717) is 5.52 Å². The molecule has 0 radical (unpaired) electrons. The van der Waals surface area contributed by atoms with Crippen molar-refractivity contribution in [3.05, 3.63) is 65.9 Å². The predicted octanol–water partition coefficient (Wildman–Crippen LogP) is 3.38. The minimum atomic E-state index is -3.69. The van der Waals surface area contributed by atoms with Gasteiger partial charge in [0.1, 0.15) is 0 Å². The molecule has 126 valence electrons. The first-order valence-electron chi connectivity index (χ1n) is 8.01. The van der Waals surface area contributed by atoms with Gasteiger partial charge in [0.05, 0.1) is 16.5 Å². The lowest BCUT2D eigenvalue weighted by molar-refractivity contribution is 0.562. The van der Waals surface area contributed by atoms with Gasteiger partial charge in [0.2, 0.25) is 6.08 Å². The van der Waals surface area contributed by atoms with E-state index in [0.717, 1.165) is 22.9 Å². The Balaban J connectivity index is 1.88. The van der Waals surface area contributed by atoms with Gasteiger partial charge in [-0.2, -0.15) is 0 Å². The number of benzene rings is 2. The molecule has 4 rings (SSSR count). The van der Waals surface area contributed by atoms with Crippen molar-refractivity contribution in [2.75, 3.05) is 0 Å². The number of carbonyl (C=O) groups excluding carboxylic acids is 1. The van der Waals surface area contributed by atoms with Gasteiger partial charge >= 0.3 is 0 Å². The van der Waals surface area contributed by atoms with Gasteiger partial charge in [-0.25, -0.2) is 22.2 Å². The van der Waals surface area contributed by atoms with Crippen LogP contribution in [0, 0.1) is 6.92 Å². The van der Waals surface area contributed by atoms with Crippen molar-refractivity contribution in [1.82, 2.24) is 3.97 Å². The summed E-state index contributed by atoms with van der Waals surface area (Å²) in [5.41, 5.74) is 2.55. The fourth-order valence-corrected chi connectivity index (χ4v) is 4.60. The molecule has 5 nitrogen and oxygen atoms in total. The van der Waals surface area contributed by atoms with E-state index >= 15 is 0 Å². The third-order valence-corrected chi connectivity index (χ3v) is 6.35. The molecule has 1 aliphatic rings. The number of aryl methyl sites for hydroxylation is 1. The van der Waals surface area contributed by atoms with Crippen LogP contribution in [0.4, 0.5) is 0 Å². The molecule has 2 aromatic carbocycles. The summed E-state index contributed by atoms with van der Waals surface area (Å²) in [6, 6.07) is 14.1. The van der Waals surface area contributed by atoms with Gasteiger partial charge in [0, 0.05) is 17.5 Å². The minimum Gasteiger partial charge on any atom is -0.241 e. The topological polar surface area (TPSA) is 68.5 Å². The Morgan fingerprint density at radius 3 is 2.56 bits per heavy atom. The summed E-state index contributed by atoms with van der Waals surface area (Å²) in [6.07, 6.45) is 4.01. The Morgan fingerprint density at radius 1 is 1.12 bits per heavy atom. The van der Waals surface area contributed by atoms with Crippen LogP contribution in [-0.4, -0.2) is 24.5 Å². The number of isocyanates is 1. The normalized spacial score (nSPS) is 19.6. The number of rotatable bonds is 4. The highest BCUT2D eigenvalue weighted by Gasteiger charge is 2.41. The number of aromatic nitrogens is 1. The van der Waals surface area contributed by atoms with Crippen LogP contribution in [0.25, 0.3) is 10.9 Å². The molecule has 2 atom stereocenters. The van der Waals surface area contributed by atoms with Crippen LogP contribution in [0.2, 0.25) is 0 Å². The van der Waals surface area contributed by atoms with Crippen LogP contribution in [0.5, 0.6) is 0 Å². The van der Waals surface area contributed by atoms with Crippen molar-refractivity contribution in [2.24, 2.45) is 4.99 Å². The van der Waals surface area contributed by atoms with Crippen molar-refractivity contribution in [1.29, 1.82) is 0 Å². The molecular formula is C19H16N2O3S. The van der Waals surface area contributed by atoms with Gasteiger partial charge < -0.3 is 0 Å². The lowest BCUT2D eigenvalue weighted by Gasteiger charge is -2.07. The molecule has 0 unspecified atom stereocenters. The largest absolute Gasteiger partial charge is 0.268 e. The first kappa shape index (κ1) is 15.8. The molecule has 1 aliphatic carbocycles. The summed E-state index contributed by atoms with van der Waals surface area (Å²) in [5, 5.41) is 0.881. The summed E-state index contributed by atoms with van der Waals surface area (Å²) in [4.78, 5) is 14.5. The van der Waals surface area contributed by atoms with E-state index in [-0.39, 0.29) is 16.9 Å². The van der Waals surface area contributed by atoms with Gasteiger partial charge in [-0.05, 0) is 37.1 Å². The van der Waals surface area contributed by atoms with E-state index in [1.165, 1.54) is 3.97 Å². The van der Waals surface area contributed by atoms with Crippen LogP contribution >= 0.6 is 0 Å². The summed E-state index contributed by atoms with van der Waals surface area (Å²) >= 11 is 0. The van der Waals surface area contributed by atoms with E-state index in [1.54, 1.807) is 42.6 Å². The third-order valence-electron chi connectivity index (χ3n) is 4.66. The van der Waals surface area contributed by atoms with Crippen molar-refractivity contribution in [2.45, 2.75) is 30.2 Å². The van der Waals surface area contributed by atoms with Crippen LogP contribution in [0.1, 0.15) is 23.5 Å². The molecule has 1 fully saturated rings. The molecule has 25 heavy (non-hydrogen) atoms. The zero-order valence-electron chi connectivity index (χ0n) is 13.6. The average Bonchev–Trinajstić information content (AvgIpc) is 3.25. The summed E-state index contributed by atoms with van der Waals surface area (Å²) < 4.78 is 27.5. The van der Waals surface area contributed by atoms with Crippen molar-refractivity contribution >= 4 is 27.0 Å². The molecule has 6 heteroatoms. The fraction of sp³-hybridized carbons (Fsp3) is 0.211. The van der Waals surface area contributed by atoms with E-state index in [4.69, 9.17) is 0 Å². The standard InChI is InChI=1S/C19H16N2O3S/c1-13-6-8-14(9-7-13)25(23,24)21-11-17(16-10-18(16)20-12-22)15-4-2-3-5-19(15)21/h2-9,11,16,18H,10H2,1H3/t16-,18+/m1/s1. The lowest BCUT2D eigenvalue weighted by Crippen LogP contribution is -2.11. The smallest absolute Gasteiger partial charge is 0.241 e. The van der Waals surface area contributed by atoms with Gasteiger partial charge in [-0.3, -0.25) is 0 Å². The van der Waals surface area contributed by atoms with Gasteiger partial charge in [0.15, 0.2) is 0 Å². The van der Waals surface area contributed by atoms with Crippen LogP contribution < -0.4 is 0 Å².